The lowest BCUT2D eigenvalue weighted by atomic mass is 10.1. The monoisotopic (exact) mass is 263 g/mol. The topological polar surface area (TPSA) is 50.1 Å². The second-order valence-electron chi connectivity index (χ2n) is 4.61. The summed E-state index contributed by atoms with van der Waals surface area (Å²) in [6, 6.07) is 5.89. The minimum absolute atomic E-state index is 0.296. The number of aliphatic hydroxyl groups is 1. The fraction of sp³-hybridized carbons (Fsp3) is 0.357. The Morgan fingerprint density at radius 3 is 2.63 bits per heavy atom. The van der Waals surface area contributed by atoms with Crippen molar-refractivity contribution in [2.45, 2.75) is 19.6 Å². The molecule has 1 aromatic heterocycles. The largest absolute Gasteiger partial charge is 0.387 e. The van der Waals surface area contributed by atoms with Gasteiger partial charge in [-0.2, -0.15) is 5.10 Å². The Bertz CT molecular complexity index is 536. The first kappa shape index (κ1) is 13.7. The highest BCUT2D eigenvalue weighted by atomic mass is 19.1. The van der Waals surface area contributed by atoms with Crippen LogP contribution in [0.3, 0.4) is 0 Å². The van der Waals surface area contributed by atoms with Gasteiger partial charge < -0.3 is 10.4 Å². The average molecular weight is 263 g/mol. The molecule has 1 heterocycles. The van der Waals surface area contributed by atoms with Crippen LogP contribution < -0.4 is 5.32 Å². The fourth-order valence-electron chi connectivity index (χ4n) is 1.97. The zero-order chi connectivity index (χ0) is 13.8. The van der Waals surface area contributed by atoms with Crippen molar-refractivity contribution in [2.24, 2.45) is 7.05 Å². The molecule has 0 saturated carbocycles. The lowest BCUT2D eigenvalue weighted by molar-refractivity contribution is 0.174. The van der Waals surface area contributed by atoms with Gasteiger partial charge >= 0.3 is 0 Å². The van der Waals surface area contributed by atoms with Gasteiger partial charge in [0, 0.05) is 31.9 Å². The van der Waals surface area contributed by atoms with E-state index in [1.54, 1.807) is 16.8 Å². The van der Waals surface area contributed by atoms with Crippen LogP contribution >= 0.6 is 0 Å². The van der Waals surface area contributed by atoms with Crippen molar-refractivity contribution < 1.29 is 9.50 Å². The molecule has 0 amide bonds. The van der Waals surface area contributed by atoms with E-state index in [0.717, 1.165) is 11.3 Å². The molecule has 102 valence electrons. The molecule has 2 N–H and O–H groups in total. The van der Waals surface area contributed by atoms with Crippen LogP contribution in [0.15, 0.2) is 30.5 Å². The summed E-state index contributed by atoms with van der Waals surface area (Å²) in [7, 11) is 1.88. The maximum atomic E-state index is 12.8. The molecule has 0 aliphatic rings. The van der Waals surface area contributed by atoms with Gasteiger partial charge in [-0.15, -0.1) is 0 Å². The molecular weight excluding hydrogens is 245 g/mol. The molecule has 4 nitrogen and oxygen atoms in total. The van der Waals surface area contributed by atoms with Gasteiger partial charge in [-0.05, 0) is 24.6 Å². The molecule has 1 aromatic carbocycles. The van der Waals surface area contributed by atoms with E-state index in [-0.39, 0.29) is 5.82 Å². The summed E-state index contributed by atoms with van der Waals surface area (Å²) in [5.41, 5.74) is 2.79. The summed E-state index contributed by atoms with van der Waals surface area (Å²) >= 11 is 0. The molecule has 5 heteroatoms. The summed E-state index contributed by atoms with van der Waals surface area (Å²) in [5.74, 6) is -0.296. The third-order valence-electron chi connectivity index (χ3n) is 3.02. The van der Waals surface area contributed by atoms with Crippen LogP contribution in [0.4, 0.5) is 4.39 Å². The van der Waals surface area contributed by atoms with Gasteiger partial charge in [0.25, 0.3) is 0 Å². The van der Waals surface area contributed by atoms with Gasteiger partial charge in [-0.1, -0.05) is 12.1 Å². The Morgan fingerprint density at radius 2 is 2.05 bits per heavy atom. The molecule has 2 rings (SSSR count). The van der Waals surface area contributed by atoms with Crippen molar-refractivity contribution >= 4 is 0 Å². The number of aryl methyl sites for hydroxylation is 2. The van der Waals surface area contributed by atoms with Crippen molar-refractivity contribution in [3.63, 3.8) is 0 Å². The Hall–Kier alpha value is -1.72. The molecule has 0 saturated heterocycles. The van der Waals surface area contributed by atoms with Crippen molar-refractivity contribution in [3.8, 4) is 0 Å². The molecular formula is C14H18FN3O. The predicted octanol–water partition coefficient (Wildman–Crippen LogP) is 1.69. The van der Waals surface area contributed by atoms with Gasteiger partial charge in [-0.3, -0.25) is 4.68 Å². The second kappa shape index (κ2) is 5.95. The highest BCUT2D eigenvalue weighted by Crippen LogP contribution is 2.13. The number of nitrogens with one attached hydrogen (secondary N) is 1. The number of benzene rings is 1. The molecule has 2 aromatic rings. The van der Waals surface area contributed by atoms with Gasteiger partial charge in [0.2, 0.25) is 0 Å². The molecule has 19 heavy (non-hydrogen) atoms. The second-order valence-corrected chi connectivity index (χ2v) is 4.61. The average Bonchev–Trinajstić information content (AvgIpc) is 2.68. The third-order valence-corrected chi connectivity index (χ3v) is 3.02. The van der Waals surface area contributed by atoms with Crippen LogP contribution in [-0.2, 0) is 13.6 Å². The zero-order valence-electron chi connectivity index (χ0n) is 11.1. The summed E-state index contributed by atoms with van der Waals surface area (Å²) in [5, 5.41) is 17.4. The van der Waals surface area contributed by atoms with E-state index in [1.165, 1.54) is 12.1 Å². The molecule has 1 unspecified atom stereocenters. The Morgan fingerprint density at radius 1 is 1.37 bits per heavy atom. The van der Waals surface area contributed by atoms with Crippen LogP contribution in [0.5, 0.6) is 0 Å². The number of nitrogens with zero attached hydrogens (tertiary/aromatic N) is 2. The quantitative estimate of drug-likeness (QED) is 0.863. The number of halogens is 1. The van der Waals surface area contributed by atoms with Gasteiger partial charge in [0.15, 0.2) is 0 Å². The van der Waals surface area contributed by atoms with Crippen molar-refractivity contribution in [2.75, 3.05) is 6.54 Å². The van der Waals surface area contributed by atoms with Gasteiger partial charge in [0.1, 0.15) is 5.82 Å². The summed E-state index contributed by atoms with van der Waals surface area (Å²) in [4.78, 5) is 0. The van der Waals surface area contributed by atoms with Crippen molar-refractivity contribution in [1.29, 1.82) is 0 Å². The molecule has 0 bridgehead atoms. The van der Waals surface area contributed by atoms with E-state index in [1.807, 2.05) is 20.2 Å². The summed E-state index contributed by atoms with van der Waals surface area (Å²) in [6.07, 6.45) is 1.31. The molecule has 0 aliphatic heterocycles. The maximum Gasteiger partial charge on any atom is 0.123 e. The van der Waals surface area contributed by atoms with E-state index in [9.17, 15) is 9.50 Å². The Kier molecular flexibility index (Phi) is 4.29. The first-order valence-electron chi connectivity index (χ1n) is 6.19. The predicted molar refractivity (Wildman–Crippen MR) is 71.0 cm³/mol. The highest BCUT2D eigenvalue weighted by molar-refractivity contribution is 5.19. The van der Waals surface area contributed by atoms with E-state index in [4.69, 9.17) is 0 Å². The molecule has 0 aliphatic carbocycles. The number of rotatable bonds is 5. The summed E-state index contributed by atoms with van der Waals surface area (Å²) < 4.78 is 14.5. The third kappa shape index (κ3) is 3.62. The SMILES string of the molecule is Cc1nn(C)cc1CNCC(O)c1ccc(F)cc1. The number of aromatic nitrogens is 2. The van der Waals surface area contributed by atoms with Crippen LogP contribution in [-0.4, -0.2) is 21.4 Å². The lowest BCUT2D eigenvalue weighted by Crippen LogP contribution is -2.21. The highest BCUT2D eigenvalue weighted by Gasteiger charge is 2.08. The van der Waals surface area contributed by atoms with Crippen LogP contribution in [0.25, 0.3) is 0 Å². The molecule has 1 atom stereocenters. The minimum Gasteiger partial charge on any atom is -0.387 e. The molecule has 0 radical (unpaired) electrons. The fourth-order valence-corrected chi connectivity index (χ4v) is 1.97. The lowest BCUT2D eigenvalue weighted by Gasteiger charge is -2.11. The number of hydrogen-bond donors (Lipinski definition) is 2. The van der Waals surface area contributed by atoms with Crippen LogP contribution in [0.2, 0.25) is 0 Å². The Labute approximate surface area is 111 Å². The number of aliphatic hydroxyl groups excluding tert-OH is 1. The van der Waals surface area contributed by atoms with E-state index in [0.29, 0.717) is 18.7 Å². The normalized spacial score (nSPS) is 12.6. The zero-order valence-corrected chi connectivity index (χ0v) is 11.1. The summed E-state index contributed by atoms with van der Waals surface area (Å²) in [6.45, 7) is 3.02. The Balaban J connectivity index is 1.85. The van der Waals surface area contributed by atoms with Gasteiger partial charge in [0.05, 0.1) is 11.8 Å². The van der Waals surface area contributed by atoms with Crippen LogP contribution in [0, 0.1) is 12.7 Å². The maximum absolute atomic E-state index is 12.8. The van der Waals surface area contributed by atoms with Crippen molar-refractivity contribution in [1.82, 2.24) is 15.1 Å². The number of hydrogen-bond acceptors (Lipinski definition) is 3. The van der Waals surface area contributed by atoms with Gasteiger partial charge in [-0.25, -0.2) is 4.39 Å². The molecule has 0 spiro atoms. The van der Waals surface area contributed by atoms with E-state index < -0.39 is 6.10 Å². The molecule has 0 fully saturated rings. The minimum atomic E-state index is -0.641. The van der Waals surface area contributed by atoms with Crippen LogP contribution in [0.1, 0.15) is 22.9 Å². The standard InChI is InChI=1S/C14H18FN3O/c1-10-12(9-18(2)17-10)7-16-8-14(19)11-3-5-13(15)6-4-11/h3-6,9,14,16,19H,7-8H2,1-2H3. The smallest absolute Gasteiger partial charge is 0.123 e. The first-order chi connectivity index (χ1) is 9.06. The van der Waals surface area contributed by atoms with Crippen molar-refractivity contribution in [3.05, 3.63) is 53.1 Å². The van der Waals surface area contributed by atoms with E-state index in [2.05, 4.69) is 10.4 Å². The first-order valence-corrected chi connectivity index (χ1v) is 6.19. The van der Waals surface area contributed by atoms with E-state index >= 15 is 0 Å².